The number of hydrogen-bond acceptors (Lipinski definition) is 5. The van der Waals surface area contributed by atoms with E-state index in [0.717, 1.165) is 57.9 Å². The van der Waals surface area contributed by atoms with E-state index in [1.807, 2.05) is 29.3 Å². The molecule has 0 radical (unpaired) electrons. The summed E-state index contributed by atoms with van der Waals surface area (Å²) in [6.07, 6.45) is 3.77. The Bertz CT molecular complexity index is 503. The molecule has 2 saturated heterocycles. The molecule has 1 atom stereocenters. The molecular weight excluding hydrogens is 292 g/mol. The van der Waals surface area contributed by atoms with Crippen molar-refractivity contribution in [1.82, 2.24) is 14.8 Å². The molecule has 3 heterocycles. The number of likely N-dealkylation sites (tertiary alicyclic amines) is 1. The van der Waals surface area contributed by atoms with Gasteiger partial charge in [0.2, 0.25) is 5.91 Å². The van der Waals surface area contributed by atoms with Gasteiger partial charge in [-0.3, -0.25) is 9.69 Å². The molecule has 2 aliphatic heterocycles. The highest BCUT2D eigenvalue weighted by Crippen LogP contribution is 2.14. The zero-order valence-corrected chi connectivity index (χ0v) is 13.6. The molecule has 126 valence electrons. The number of pyridine rings is 1. The maximum Gasteiger partial charge on any atom is 0.223 e. The van der Waals surface area contributed by atoms with Crippen LogP contribution in [0.4, 0.5) is 5.82 Å². The van der Waals surface area contributed by atoms with E-state index in [1.165, 1.54) is 0 Å². The van der Waals surface area contributed by atoms with Gasteiger partial charge in [0.05, 0.1) is 6.10 Å². The molecule has 6 nitrogen and oxygen atoms in total. The second kappa shape index (κ2) is 7.75. The van der Waals surface area contributed by atoms with Crippen LogP contribution in [0.3, 0.4) is 0 Å². The number of piperidine rings is 1. The van der Waals surface area contributed by atoms with E-state index in [9.17, 15) is 9.90 Å². The van der Waals surface area contributed by atoms with E-state index in [-0.39, 0.29) is 12.0 Å². The van der Waals surface area contributed by atoms with Gasteiger partial charge in [0, 0.05) is 58.4 Å². The molecule has 1 unspecified atom stereocenters. The van der Waals surface area contributed by atoms with Crippen molar-refractivity contribution in [2.24, 2.45) is 0 Å². The average molecular weight is 318 g/mol. The molecule has 3 rings (SSSR count). The monoisotopic (exact) mass is 318 g/mol. The number of piperazine rings is 1. The zero-order valence-electron chi connectivity index (χ0n) is 13.6. The molecule has 1 aromatic heterocycles. The first-order valence-corrected chi connectivity index (χ1v) is 8.56. The van der Waals surface area contributed by atoms with Gasteiger partial charge in [-0.15, -0.1) is 0 Å². The first-order chi connectivity index (χ1) is 11.2. The number of anilines is 1. The molecule has 0 spiro atoms. The van der Waals surface area contributed by atoms with Gasteiger partial charge in [0.25, 0.3) is 0 Å². The summed E-state index contributed by atoms with van der Waals surface area (Å²) in [5.41, 5.74) is 0. The molecule has 23 heavy (non-hydrogen) atoms. The van der Waals surface area contributed by atoms with Crippen LogP contribution in [0.5, 0.6) is 0 Å². The summed E-state index contributed by atoms with van der Waals surface area (Å²) in [4.78, 5) is 23.1. The van der Waals surface area contributed by atoms with Crippen LogP contribution in [0, 0.1) is 0 Å². The van der Waals surface area contributed by atoms with Gasteiger partial charge >= 0.3 is 0 Å². The first-order valence-electron chi connectivity index (χ1n) is 8.56. The summed E-state index contributed by atoms with van der Waals surface area (Å²) in [7, 11) is 0. The van der Waals surface area contributed by atoms with Crippen LogP contribution < -0.4 is 4.90 Å². The van der Waals surface area contributed by atoms with Crippen molar-refractivity contribution in [2.75, 3.05) is 50.7 Å². The molecule has 2 fully saturated rings. The summed E-state index contributed by atoms with van der Waals surface area (Å²) in [5.74, 6) is 1.21. The van der Waals surface area contributed by atoms with Crippen molar-refractivity contribution in [3.63, 3.8) is 0 Å². The second-order valence-electron chi connectivity index (χ2n) is 6.40. The van der Waals surface area contributed by atoms with Gasteiger partial charge in [-0.05, 0) is 25.0 Å². The molecule has 0 aliphatic carbocycles. The van der Waals surface area contributed by atoms with E-state index >= 15 is 0 Å². The number of rotatable bonds is 4. The number of aliphatic hydroxyl groups excluding tert-OH is 1. The summed E-state index contributed by atoms with van der Waals surface area (Å²) in [6, 6.07) is 5.99. The Labute approximate surface area is 137 Å². The third-order valence-corrected chi connectivity index (χ3v) is 4.74. The van der Waals surface area contributed by atoms with E-state index < -0.39 is 0 Å². The molecule has 6 heteroatoms. The van der Waals surface area contributed by atoms with Crippen LogP contribution in [-0.2, 0) is 4.79 Å². The molecular formula is C17H26N4O2. The van der Waals surface area contributed by atoms with Crippen LogP contribution in [-0.4, -0.2) is 77.7 Å². The smallest absolute Gasteiger partial charge is 0.223 e. The van der Waals surface area contributed by atoms with Gasteiger partial charge < -0.3 is 14.9 Å². The lowest BCUT2D eigenvalue weighted by Gasteiger charge is -2.36. The normalized spacial score (nSPS) is 23.1. The minimum atomic E-state index is -0.338. The number of nitrogens with zero attached hydrogens (tertiary/aromatic N) is 4. The van der Waals surface area contributed by atoms with Crippen LogP contribution in [0.1, 0.15) is 19.3 Å². The highest BCUT2D eigenvalue weighted by molar-refractivity contribution is 5.76. The molecule has 0 bridgehead atoms. The van der Waals surface area contributed by atoms with Crippen molar-refractivity contribution in [1.29, 1.82) is 0 Å². The van der Waals surface area contributed by atoms with Crippen LogP contribution in [0.25, 0.3) is 0 Å². The Morgan fingerprint density at radius 3 is 2.74 bits per heavy atom. The number of amides is 1. The number of aromatic nitrogens is 1. The maximum absolute atomic E-state index is 12.2. The highest BCUT2D eigenvalue weighted by atomic mass is 16.3. The van der Waals surface area contributed by atoms with Crippen LogP contribution in [0.15, 0.2) is 24.4 Å². The standard InChI is InChI=1S/C17H26N4O2/c22-15-4-3-8-21(14-15)17(23)6-9-19-10-12-20(13-11-19)16-5-1-2-7-18-16/h1-2,5,7,15,22H,3-4,6,8-14H2. The molecule has 1 N–H and O–H groups in total. The SMILES string of the molecule is O=C(CCN1CCN(c2ccccn2)CC1)N1CCCC(O)C1. The largest absolute Gasteiger partial charge is 0.391 e. The molecule has 0 saturated carbocycles. The zero-order chi connectivity index (χ0) is 16.1. The summed E-state index contributed by atoms with van der Waals surface area (Å²) < 4.78 is 0. The van der Waals surface area contributed by atoms with E-state index in [4.69, 9.17) is 0 Å². The summed E-state index contributed by atoms with van der Waals surface area (Å²) in [6.45, 7) is 5.94. The van der Waals surface area contributed by atoms with Crippen molar-refractivity contribution < 1.29 is 9.90 Å². The minimum absolute atomic E-state index is 0.177. The van der Waals surface area contributed by atoms with Crippen LogP contribution >= 0.6 is 0 Å². The fraction of sp³-hybridized carbons (Fsp3) is 0.647. The second-order valence-corrected chi connectivity index (χ2v) is 6.40. The predicted octanol–water partition coefficient (Wildman–Crippen LogP) is 0.577. The first kappa shape index (κ1) is 16.2. The molecule has 0 aromatic carbocycles. The van der Waals surface area contributed by atoms with Crippen LogP contribution in [0.2, 0.25) is 0 Å². The maximum atomic E-state index is 12.2. The average Bonchev–Trinajstić information content (AvgIpc) is 2.61. The van der Waals surface area contributed by atoms with E-state index in [0.29, 0.717) is 13.0 Å². The van der Waals surface area contributed by atoms with Crippen molar-refractivity contribution >= 4 is 11.7 Å². The molecule has 1 amide bonds. The number of β-amino-alcohol motifs (C(OH)–C–C–N with tert-alkyl or cyclic N) is 1. The molecule has 2 aliphatic rings. The predicted molar refractivity (Wildman–Crippen MR) is 89.3 cm³/mol. The lowest BCUT2D eigenvalue weighted by atomic mass is 10.1. The third-order valence-electron chi connectivity index (χ3n) is 4.74. The molecule has 1 aromatic rings. The Morgan fingerprint density at radius 1 is 1.22 bits per heavy atom. The van der Waals surface area contributed by atoms with Crippen molar-refractivity contribution in [3.05, 3.63) is 24.4 Å². The Morgan fingerprint density at radius 2 is 2.04 bits per heavy atom. The third kappa shape index (κ3) is 4.42. The lowest BCUT2D eigenvalue weighted by Crippen LogP contribution is -2.48. The fourth-order valence-corrected chi connectivity index (χ4v) is 3.33. The number of carbonyl (C=O) groups is 1. The van der Waals surface area contributed by atoms with Gasteiger partial charge in [0.15, 0.2) is 0 Å². The lowest BCUT2D eigenvalue weighted by molar-refractivity contribution is -0.134. The highest BCUT2D eigenvalue weighted by Gasteiger charge is 2.23. The summed E-state index contributed by atoms with van der Waals surface area (Å²) in [5, 5.41) is 9.67. The number of carbonyl (C=O) groups excluding carboxylic acids is 1. The topological polar surface area (TPSA) is 59.9 Å². The Hall–Kier alpha value is -1.66. The fourth-order valence-electron chi connectivity index (χ4n) is 3.33. The van der Waals surface area contributed by atoms with Crippen molar-refractivity contribution in [3.8, 4) is 0 Å². The van der Waals surface area contributed by atoms with Gasteiger partial charge in [-0.25, -0.2) is 4.98 Å². The van der Waals surface area contributed by atoms with Gasteiger partial charge in [-0.2, -0.15) is 0 Å². The van der Waals surface area contributed by atoms with E-state index in [2.05, 4.69) is 14.8 Å². The summed E-state index contributed by atoms with van der Waals surface area (Å²) >= 11 is 0. The Kier molecular flexibility index (Phi) is 5.46. The Balaban J connectivity index is 1.40. The van der Waals surface area contributed by atoms with Crippen molar-refractivity contribution in [2.45, 2.75) is 25.4 Å². The van der Waals surface area contributed by atoms with E-state index in [1.54, 1.807) is 0 Å². The quantitative estimate of drug-likeness (QED) is 0.880. The number of hydrogen-bond donors (Lipinski definition) is 1. The minimum Gasteiger partial charge on any atom is -0.391 e. The van der Waals surface area contributed by atoms with Gasteiger partial charge in [0.1, 0.15) is 5.82 Å². The number of aliphatic hydroxyl groups is 1. The van der Waals surface area contributed by atoms with Gasteiger partial charge in [-0.1, -0.05) is 6.07 Å².